The van der Waals surface area contributed by atoms with Crippen molar-refractivity contribution in [2.75, 3.05) is 5.73 Å². The molecule has 0 radical (unpaired) electrons. The maximum absolute atomic E-state index is 5.94. The molecule has 1 aromatic heterocycles. The number of nitrogens with two attached hydrogens (primary N) is 1. The van der Waals surface area contributed by atoms with E-state index in [9.17, 15) is 0 Å². The molecule has 0 aliphatic rings. The van der Waals surface area contributed by atoms with Crippen LogP contribution in [0.2, 0.25) is 0 Å². The quantitative estimate of drug-likeness (QED) is 0.914. The van der Waals surface area contributed by atoms with Gasteiger partial charge in [-0.3, -0.25) is 0 Å². The summed E-state index contributed by atoms with van der Waals surface area (Å²) in [6.07, 6.45) is 2.87. The summed E-state index contributed by atoms with van der Waals surface area (Å²) in [5, 5.41) is 0. The van der Waals surface area contributed by atoms with Gasteiger partial charge in [-0.05, 0) is 40.1 Å². The zero-order chi connectivity index (χ0) is 13.9. The van der Waals surface area contributed by atoms with E-state index in [1.165, 1.54) is 0 Å². The van der Waals surface area contributed by atoms with E-state index in [0.717, 1.165) is 35.3 Å². The Kier molecular flexibility index (Phi) is 5.14. The van der Waals surface area contributed by atoms with Crippen molar-refractivity contribution in [3.63, 3.8) is 0 Å². The Morgan fingerprint density at radius 1 is 1.22 bits per heavy atom. The fraction of sp³-hybridized carbons (Fsp3) is 0.714. The summed E-state index contributed by atoms with van der Waals surface area (Å²) in [6.45, 7) is 11.0. The summed E-state index contributed by atoms with van der Waals surface area (Å²) >= 11 is 3.48. The molecule has 0 bridgehead atoms. The Bertz CT molecular complexity index is 408. The van der Waals surface area contributed by atoms with Gasteiger partial charge >= 0.3 is 0 Å². The molecule has 0 aliphatic heterocycles. The molecule has 18 heavy (non-hydrogen) atoms. The second kappa shape index (κ2) is 6.00. The molecule has 3 nitrogen and oxygen atoms in total. The van der Waals surface area contributed by atoms with Gasteiger partial charge in [-0.15, -0.1) is 0 Å². The highest BCUT2D eigenvalue weighted by molar-refractivity contribution is 9.10. The summed E-state index contributed by atoms with van der Waals surface area (Å²) in [5.74, 6) is 1.98. The third kappa shape index (κ3) is 4.92. The monoisotopic (exact) mass is 313 g/mol. The molecular weight excluding hydrogens is 290 g/mol. The van der Waals surface area contributed by atoms with Gasteiger partial charge in [-0.2, -0.15) is 0 Å². The number of aromatic nitrogens is 2. The Hall–Kier alpha value is -0.640. The molecule has 2 N–H and O–H groups in total. The van der Waals surface area contributed by atoms with Crippen LogP contribution in [-0.2, 0) is 12.8 Å². The van der Waals surface area contributed by atoms with Crippen molar-refractivity contribution in [2.24, 2.45) is 11.3 Å². The average molecular weight is 314 g/mol. The van der Waals surface area contributed by atoms with Gasteiger partial charge < -0.3 is 5.73 Å². The molecule has 1 heterocycles. The van der Waals surface area contributed by atoms with Crippen LogP contribution in [0.3, 0.4) is 0 Å². The lowest BCUT2D eigenvalue weighted by Gasteiger charge is -2.18. The molecule has 0 saturated heterocycles. The van der Waals surface area contributed by atoms with Crippen LogP contribution in [0.25, 0.3) is 0 Å². The Morgan fingerprint density at radius 2 is 1.83 bits per heavy atom. The van der Waals surface area contributed by atoms with Crippen molar-refractivity contribution in [1.29, 1.82) is 0 Å². The first-order valence-electron chi connectivity index (χ1n) is 6.50. The second-order valence-corrected chi connectivity index (χ2v) is 7.24. The lowest BCUT2D eigenvalue weighted by molar-refractivity contribution is 0.374. The number of anilines is 1. The maximum atomic E-state index is 5.94. The normalized spacial score (nSPS) is 12.2. The van der Waals surface area contributed by atoms with Crippen LogP contribution < -0.4 is 5.73 Å². The third-order valence-corrected chi connectivity index (χ3v) is 3.56. The van der Waals surface area contributed by atoms with E-state index < -0.39 is 0 Å². The van der Waals surface area contributed by atoms with E-state index in [2.05, 4.69) is 60.5 Å². The molecule has 1 aromatic rings. The first-order valence-corrected chi connectivity index (χ1v) is 7.29. The molecule has 102 valence electrons. The van der Waals surface area contributed by atoms with Gasteiger partial charge in [0.25, 0.3) is 0 Å². The Balaban J connectivity index is 2.90. The summed E-state index contributed by atoms with van der Waals surface area (Å²) in [5.41, 5.74) is 7.26. The molecule has 0 atom stereocenters. The molecule has 0 fully saturated rings. The van der Waals surface area contributed by atoms with E-state index >= 15 is 0 Å². The van der Waals surface area contributed by atoms with Crippen molar-refractivity contribution in [2.45, 2.75) is 53.9 Å². The molecule has 4 heteroatoms. The van der Waals surface area contributed by atoms with Crippen LogP contribution in [0.4, 0.5) is 5.82 Å². The molecular formula is C14H24BrN3. The minimum Gasteiger partial charge on any atom is -0.383 e. The van der Waals surface area contributed by atoms with Gasteiger partial charge in [0.2, 0.25) is 0 Å². The van der Waals surface area contributed by atoms with Gasteiger partial charge in [-0.25, -0.2) is 9.97 Å². The fourth-order valence-electron chi connectivity index (χ4n) is 1.69. The molecule has 0 amide bonds. The van der Waals surface area contributed by atoms with Gasteiger partial charge in [0, 0.05) is 6.42 Å². The van der Waals surface area contributed by atoms with Crippen molar-refractivity contribution in [3.05, 3.63) is 16.0 Å². The van der Waals surface area contributed by atoms with Crippen LogP contribution >= 0.6 is 15.9 Å². The predicted octanol–water partition coefficient (Wildman–Crippen LogP) is 4.00. The molecule has 0 aliphatic carbocycles. The second-order valence-electron chi connectivity index (χ2n) is 6.44. The maximum Gasteiger partial charge on any atom is 0.141 e. The largest absolute Gasteiger partial charge is 0.383 e. The van der Waals surface area contributed by atoms with E-state index in [1.54, 1.807) is 0 Å². The fourth-order valence-corrected chi connectivity index (χ4v) is 2.03. The number of nitrogens with zero attached hydrogens (tertiary/aromatic N) is 2. The molecule has 0 spiro atoms. The lowest BCUT2D eigenvalue weighted by Crippen LogP contribution is -2.11. The zero-order valence-corrected chi connectivity index (χ0v) is 13.6. The number of hydrogen-bond donors (Lipinski definition) is 1. The van der Waals surface area contributed by atoms with Crippen molar-refractivity contribution in [3.8, 4) is 0 Å². The van der Waals surface area contributed by atoms with Gasteiger partial charge in [0.15, 0.2) is 0 Å². The van der Waals surface area contributed by atoms with E-state index in [4.69, 9.17) is 5.73 Å². The van der Waals surface area contributed by atoms with Crippen molar-refractivity contribution < 1.29 is 0 Å². The van der Waals surface area contributed by atoms with Crippen LogP contribution in [0.15, 0.2) is 4.47 Å². The average Bonchev–Trinajstić information content (AvgIpc) is 2.20. The highest BCUT2D eigenvalue weighted by Gasteiger charge is 2.15. The topological polar surface area (TPSA) is 51.8 Å². The number of rotatable bonds is 4. The van der Waals surface area contributed by atoms with Crippen molar-refractivity contribution in [1.82, 2.24) is 9.97 Å². The molecule has 0 aromatic carbocycles. The lowest BCUT2D eigenvalue weighted by atomic mass is 9.90. The molecule has 0 unspecified atom stereocenters. The third-order valence-electron chi connectivity index (χ3n) is 2.69. The van der Waals surface area contributed by atoms with Crippen LogP contribution in [0.1, 0.15) is 52.6 Å². The summed E-state index contributed by atoms with van der Waals surface area (Å²) in [7, 11) is 0. The van der Waals surface area contributed by atoms with Crippen molar-refractivity contribution >= 4 is 21.7 Å². The predicted molar refractivity (Wildman–Crippen MR) is 80.5 cm³/mol. The number of aryl methyl sites for hydroxylation is 1. The van der Waals surface area contributed by atoms with Crippen LogP contribution in [0.5, 0.6) is 0 Å². The molecule has 0 saturated carbocycles. The molecule has 1 rings (SSSR count). The van der Waals surface area contributed by atoms with E-state index in [0.29, 0.717) is 17.2 Å². The highest BCUT2D eigenvalue weighted by atomic mass is 79.9. The van der Waals surface area contributed by atoms with E-state index in [1.807, 2.05) is 0 Å². The smallest absolute Gasteiger partial charge is 0.141 e. The first kappa shape index (κ1) is 15.4. The number of hydrogen-bond acceptors (Lipinski definition) is 3. The Morgan fingerprint density at radius 3 is 2.33 bits per heavy atom. The van der Waals surface area contributed by atoms with Crippen LogP contribution in [-0.4, -0.2) is 9.97 Å². The van der Waals surface area contributed by atoms with Gasteiger partial charge in [-0.1, -0.05) is 34.6 Å². The van der Waals surface area contributed by atoms with Crippen LogP contribution in [0, 0.1) is 11.3 Å². The highest BCUT2D eigenvalue weighted by Crippen LogP contribution is 2.25. The van der Waals surface area contributed by atoms with Gasteiger partial charge in [0.05, 0.1) is 10.2 Å². The first-order chi connectivity index (χ1) is 8.19. The standard InChI is InChI=1S/C14H24BrN3/c1-9(2)8-10-12(15)13(16)18-11(17-10)6-7-14(3,4)5/h9H,6-8H2,1-5H3,(H2,16,17,18). The zero-order valence-electron chi connectivity index (χ0n) is 12.0. The van der Waals surface area contributed by atoms with E-state index in [-0.39, 0.29) is 0 Å². The minimum absolute atomic E-state index is 0.295. The SMILES string of the molecule is CC(C)Cc1nc(CCC(C)(C)C)nc(N)c1Br. The summed E-state index contributed by atoms with van der Waals surface area (Å²) in [4.78, 5) is 9.00. The van der Waals surface area contributed by atoms with Gasteiger partial charge in [0.1, 0.15) is 11.6 Å². The minimum atomic E-state index is 0.295. The number of halogens is 1. The summed E-state index contributed by atoms with van der Waals surface area (Å²) in [6, 6.07) is 0. The Labute approximate surface area is 119 Å². The number of nitrogen functional groups attached to an aromatic ring is 1. The summed E-state index contributed by atoms with van der Waals surface area (Å²) < 4.78 is 0.857.